The summed E-state index contributed by atoms with van der Waals surface area (Å²) in [6, 6.07) is 9.68. The van der Waals surface area contributed by atoms with Gasteiger partial charge in [0.25, 0.3) is 5.91 Å². The molecule has 2 aromatic rings. The van der Waals surface area contributed by atoms with Gasteiger partial charge in [0.05, 0.1) is 11.4 Å². The van der Waals surface area contributed by atoms with Crippen LogP contribution in [-0.2, 0) is 14.3 Å². The number of hydrogen-bond donors (Lipinski definition) is 1. The molecule has 1 amide bonds. The minimum Gasteiger partial charge on any atom is -0.449 e. The Labute approximate surface area is 169 Å². The molecule has 1 aromatic heterocycles. The second kappa shape index (κ2) is 9.06. The van der Waals surface area contributed by atoms with Crippen LogP contribution in [0.15, 0.2) is 36.4 Å². The van der Waals surface area contributed by atoms with Crippen molar-refractivity contribution in [3.8, 4) is 5.69 Å². The molecule has 7 heteroatoms. The van der Waals surface area contributed by atoms with Crippen molar-refractivity contribution >= 4 is 29.6 Å². The fraction of sp³-hybridized carbons (Fsp3) is 0.381. The largest absolute Gasteiger partial charge is 0.449 e. The molecule has 0 spiro atoms. The van der Waals surface area contributed by atoms with E-state index in [1.807, 2.05) is 37.3 Å². The summed E-state index contributed by atoms with van der Waals surface area (Å²) in [7, 11) is 0. The second-order valence-electron chi connectivity index (χ2n) is 6.94. The average molecular weight is 402 g/mol. The highest BCUT2D eigenvalue weighted by Crippen LogP contribution is 2.24. The van der Waals surface area contributed by atoms with Crippen LogP contribution in [-0.4, -0.2) is 33.8 Å². The maximum Gasteiger partial charge on any atom is 0.331 e. The molecule has 1 aliphatic carbocycles. The van der Waals surface area contributed by atoms with Crippen molar-refractivity contribution in [1.82, 2.24) is 15.1 Å². The van der Waals surface area contributed by atoms with Gasteiger partial charge in [-0.2, -0.15) is 5.10 Å². The minimum absolute atomic E-state index is 0.189. The maximum atomic E-state index is 12.1. The Balaban J connectivity index is 1.62. The normalized spacial score (nSPS) is 15.7. The van der Waals surface area contributed by atoms with Gasteiger partial charge in [-0.1, -0.05) is 42.6 Å². The molecule has 1 aromatic carbocycles. The first-order chi connectivity index (χ1) is 13.5. The van der Waals surface area contributed by atoms with Gasteiger partial charge in [-0.25, -0.2) is 9.48 Å². The number of benzene rings is 1. The maximum absolute atomic E-state index is 12.1. The summed E-state index contributed by atoms with van der Waals surface area (Å²) in [5.41, 5.74) is 2.14. The number of aryl methyl sites for hydroxylation is 1. The number of esters is 1. The predicted octanol–water partition coefficient (Wildman–Crippen LogP) is 3.84. The Kier molecular flexibility index (Phi) is 6.52. The van der Waals surface area contributed by atoms with Crippen LogP contribution in [0.5, 0.6) is 0 Å². The molecule has 0 bridgehead atoms. The SMILES string of the molecule is Cc1nn(-c2ccccc2)c(Cl)c1/C=C/C(=O)O[C@H](C)C(=O)NC1CCCC1. The van der Waals surface area contributed by atoms with E-state index in [9.17, 15) is 9.59 Å². The molecule has 28 heavy (non-hydrogen) atoms. The lowest BCUT2D eigenvalue weighted by Gasteiger charge is -2.16. The number of halogens is 1. The zero-order valence-corrected chi connectivity index (χ0v) is 16.8. The number of aromatic nitrogens is 2. The van der Waals surface area contributed by atoms with Crippen molar-refractivity contribution in [3.05, 3.63) is 52.8 Å². The van der Waals surface area contributed by atoms with E-state index in [1.54, 1.807) is 17.7 Å². The lowest BCUT2D eigenvalue weighted by atomic mass is 10.2. The predicted molar refractivity (Wildman–Crippen MR) is 108 cm³/mol. The van der Waals surface area contributed by atoms with Gasteiger partial charge >= 0.3 is 5.97 Å². The van der Waals surface area contributed by atoms with Crippen LogP contribution >= 0.6 is 11.6 Å². The van der Waals surface area contributed by atoms with Crippen molar-refractivity contribution in [3.63, 3.8) is 0 Å². The molecular formula is C21H24ClN3O3. The second-order valence-corrected chi connectivity index (χ2v) is 7.30. The van der Waals surface area contributed by atoms with E-state index in [0.29, 0.717) is 16.4 Å². The van der Waals surface area contributed by atoms with E-state index < -0.39 is 12.1 Å². The van der Waals surface area contributed by atoms with Gasteiger partial charge in [0.1, 0.15) is 5.15 Å². The Morgan fingerprint density at radius 1 is 1.29 bits per heavy atom. The standard InChI is InChI=1S/C21H24ClN3O3/c1-14-18(20(22)25(24-14)17-10-4-3-5-11-17)12-13-19(26)28-15(2)21(27)23-16-8-6-7-9-16/h3-5,10-13,15-16H,6-9H2,1-2H3,(H,23,27)/b13-12+/t15-/m1/s1. The van der Waals surface area contributed by atoms with Crippen molar-refractivity contribution < 1.29 is 14.3 Å². The Morgan fingerprint density at radius 3 is 2.64 bits per heavy atom. The van der Waals surface area contributed by atoms with Gasteiger partial charge in [-0.15, -0.1) is 0 Å². The molecule has 1 saturated carbocycles. The molecule has 1 atom stereocenters. The van der Waals surface area contributed by atoms with E-state index >= 15 is 0 Å². The first kappa shape index (κ1) is 20.1. The Bertz CT molecular complexity index is 871. The van der Waals surface area contributed by atoms with Crippen molar-refractivity contribution in [1.29, 1.82) is 0 Å². The third-order valence-corrected chi connectivity index (χ3v) is 5.16. The number of carbonyl (C=O) groups is 2. The van der Waals surface area contributed by atoms with Gasteiger partial charge in [0.15, 0.2) is 6.10 Å². The molecule has 0 aliphatic heterocycles. The van der Waals surface area contributed by atoms with Crippen molar-refractivity contribution in [2.45, 2.75) is 51.7 Å². The Hall–Kier alpha value is -2.60. The topological polar surface area (TPSA) is 73.2 Å². The average Bonchev–Trinajstić information content (AvgIpc) is 3.29. The number of rotatable bonds is 6. The highest BCUT2D eigenvalue weighted by molar-refractivity contribution is 6.31. The summed E-state index contributed by atoms with van der Waals surface area (Å²) in [6.45, 7) is 3.38. The summed E-state index contributed by atoms with van der Waals surface area (Å²) in [5.74, 6) is -0.864. The zero-order valence-electron chi connectivity index (χ0n) is 16.0. The van der Waals surface area contributed by atoms with Crippen molar-refractivity contribution in [2.75, 3.05) is 0 Å². The molecule has 0 saturated heterocycles. The molecule has 1 N–H and O–H groups in total. The van der Waals surface area contributed by atoms with E-state index in [-0.39, 0.29) is 11.9 Å². The zero-order chi connectivity index (χ0) is 20.1. The molecular weight excluding hydrogens is 378 g/mol. The van der Waals surface area contributed by atoms with Gasteiger partial charge < -0.3 is 10.1 Å². The smallest absolute Gasteiger partial charge is 0.331 e. The van der Waals surface area contributed by atoms with Crippen LogP contribution in [0.1, 0.15) is 43.9 Å². The molecule has 0 unspecified atom stereocenters. The summed E-state index contributed by atoms with van der Waals surface area (Å²) >= 11 is 6.43. The van der Waals surface area contributed by atoms with Crippen LogP contribution in [0.2, 0.25) is 5.15 Å². The van der Waals surface area contributed by atoms with Crippen molar-refractivity contribution in [2.24, 2.45) is 0 Å². The monoisotopic (exact) mass is 401 g/mol. The molecule has 148 valence electrons. The van der Waals surface area contributed by atoms with Gasteiger partial charge in [0.2, 0.25) is 0 Å². The molecule has 3 rings (SSSR count). The van der Waals surface area contributed by atoms with E-state index in [4.69, 9.17) is 16.3 Å². The van der Waals surface area contributed by atoms with Crippen LogP contribution in [0, 0.1) is 6.92 Å². The summed E-state index contributed by atoms with van der Waals surface area (Å²) < 4.78 is 6.82. The number of ether oxygens (including phenoxy) is 1. The molecule has 1 fully saturated rings. The number of nitrogens with zero attached hydrogens (tertiary/aromatic N) is 2. The number of para-hydroxylation sites is 1. The lowest BCUT2D eigenvalue weighted by Crippen LogP contribution is -2.40. The first-order valence-electron chi connectivity index (χ1n) is 9.45. The van der Waals surface area contributed by atoms with Crippen LogP contribution in [0.25, 0.3) is 11.8 Å². The number of hydrogen-bond acceptors (Lipinski definition) is 4. The van der Waals surface area contributed by atoms with E-state index in [0.717, 1.165) is 31.4 Å². The van der Waals surface area contributed by atoms with Crippen LogP contribution < -0.4 is 5.32 Å². The molecule has 6 nitrogen and oxygen atoms in total. The highest BCUT2D eigenvalue weighted by atomic mass is 35.5. The van der Waals surface area contributed by atoms with E-state index in [1.165, 1.54) is 6.08 Å². The summed E-state index contributed by atoms with van der Waals surface area (Å²) in [6.07, 6.45) is 6.20. The fourth-order valence-corrected chi connectivity index (χ4v) is 3.58. The van der Waals surface area contributed by atoms with Gasteiger partial charge in [-0.3, -0.25) is 4.79 Å². The summed E-state index contributed by atoms with van der Waals surface area (Å²) in [5, 5.41) is 7.75. The van der Waals surface area contributed by atoms with Crippen LogP contribution in [0.3, 0.4) is 0 Å². The molecule has 1 heterocycles. The fourth-order valence-electron chi connectivity index (χ4n) is 3.25. The van der Waals surface area contributed by atoms with Gasteiger partial charge in [-0.05, 0) is 44.9 Å². The quantitative estimate of drug-likeness (QED) is 0.589. The molecule has 0 radical (unpaired) electrons. The summed E-state index contributed by atoms with van der Waals surface area (Å²) in [4.78, 5) is 24.2. The third kappa shape index (κ3) is 4.81. The molecule has 1 aliphatic rings. The van der Waals surface area contributed by atoms with Gasteiger partial charge in [0, 0.05) is 17.7 Å². The minimum atomic E-state index is -0.846. The number of carbonyl (C=O) groups excluding carboxylic acids is 2. The third-order valence-electron chi connectivity index (χ3n) is 4.80. The number of nitrogens with one attached hydrogen (secondary N) is 1. The highest BCUT2D eigenvalue weighted by Gasteiger charge is 2.22. The van der Waals surface area contributed by atoms with Crippen LogP contribution in [0.4, 0.5) is 0 Å². The Morgan fingerprint density at radius 2 is 1.96 bits per heavy atom. The first-order valence-corrected chi connectivity index (χ1v) is 9.83. The number of amides is 1. The lowest BCUT2D eigenvalue weighted by molar-refractivity contribution is -0.150. The van der Waals surface area contributed by atoms with E-state index in [2.05, 4.69) is 10.4 Å².